The summed E-state index contributed by atoms with van der Waals surface area (Å²) in [6, 6.07) is 12.2. The molecule has 0 aliphatic heterocycles. The maximum atomic E-state index is 2.86. The van der Waals surface area contributed by atoms with E-state index < -0.39 is 0 Å². The van der Waals surface area contributed by atoms with Gasteiger partial charge in [-0.2, -0.15) is 0 Å². The number of aromatic amines is 1. The first-order valence-electron chi connectivity index (χ1n) is 4.40. The number of aryl methyl sites for hydroxylation is 2. The minimum absolute atomic E-state index is 1.37. The summed E-state index contributed by atoms with van der Waals surface area (Å²) in [5.41, 5.74) is 2.74. The van der Waals surface area contributed by atoms with Crippen LogP contribution in [0, 0.1) is 13.8 Å². The third-order valence-corrected chi connectivity index (χ3v) is 1.92. The van der Waals surface area contributed by atoms with E-state index in [4.69, 9.17) is 0 Å². The van der Waals surface area contributed by atoms with Gasteiger partial charge in [-0.3, -0.25) is 0 Å². The molecule has 1 aromatic carbocycles. The second kappa shape index (κ2) is 5.20. The Morgan fingerprint density at radius 3 is 1.46 bits per heavy atom. The predicted molar refractivity (Wildman–Crippen MR) is 56.7 cm³/mol. The topological polar surface area (TPSA) is 15.8 Å². The lowest BCUT2D eigenvalue weighted by atomic mass is 10.1. The maximum absolute atomic E-state index is 2.86. The Morgan fingerprint density at radius 2 is 1.23 bits per heavy atom. The van der Waals surface area contributed by atoms with Gasteiger partial charge in [-0.05, 0) is 37.1 Å². The molecule has 1 heteroatoms. The van der Waals surface area contributed by atoms with Crippen LogP contribution in [-0.4, -0.2) is 4.98 Å². The molecule has 0 saturated carbocycles. The second-order valence-corrected chi connectivity index (χ2v) is 2.97. The van der Waals surface area contributed by atoms with Gasteiger partial charge in [-0.1, -0.05) is 24.3 Å². The van der Waals surface area contributed by atoms with Crippen LogP contribution in [0.15, 0.2) is 48.8 Å². The summed E-state index contributed by atoms with van der Waals surface area (Å²) in [4.78, 5) is 2.86. The quantitative estimate of drug-likeness (QED) is 0.629. The van der Waals surface area contributed by atoms with Crippen molar-refractivity contribution < 1.29 is 0 Å². The normalized spacial score (nSPS) is 8.77. The fourth-order valence-corrected chi connectivity index (χ4v) is 0.940. The number of hydrogen-bond acceptors (Lipinski definition) is 0. The van der Waals surface area contributed by atoms with Crippen molar-refractivity contribution in [2.75, 3.05) is 0 Å². The molecule has 1 aromatic heterocycles. The van der Waals surface area contributed by atoms with Gasteiger partial charge in [0, 0.05) is 12.4 Å². The van der Waals surface area contributed by atoms with E-state index in [1.807, 2.05) is 24.5 Å². The molecule has 0 atom stereocenters. The highest BCUT2D eigenvalue weighted by Crippen LogP contribution is 2.02. The summed E-state index contributed by atoms with van der Waals surface area (Å²) in [6.07, 6.45) is 3.75. The molecule has 1 heterocycles. The number of nitrogens with one attached hydrogen (secondary N) is 1. The van der Waals surface area contributed by atoms with Crippen LogP contribution < -0.4 is 0 Å². The number of aromatic nitrogens is 1. The molecule has 0 aliphatic carbocycles. The van der Waals surface area contributed by atoms with E-state index in [-0.39, 0.29) is 0 Å². The first-order valence-corrected chi connectivity index (χ1v) is 4.40. The molecule has 2 aromatic rings. The highest BCUT2D eigenvalue weighted by molar-refractivity contribution is 5.23. The zero-order chi connectivity index (χ0) is 9.52. The molecular formula is C12H15N. The van der Waals surface area contributed by atoms with Gasteiger partial charge in [0.15, 0.2) is 0 Å². The molecule has 0 amide bonds. The molecule has 0 saturated heterocycles. The Morgan fingerprint density at radius 1 is 0.769 bits per heavy atom. The van der Waals surface area contributed by atoms with Gasteiger partial charge in [0.25, 0.3) is 0 Å². The van der Waals surface area contributed by atoms with Crippen molar-refractivity contribution in [2.45, 2.75) is 13.8 Å². The highest BCUT2D eigenvalue weighted by atomic mass is 14.6. The third kappa shape index (κ3) is 3.61. The molecule has 0 spiro atoms. The van der Waals surface area contributed by atoms with Crippen molar-refractivity contribution in [3.63, 3.8) is 0 Å². The summed E-state index contributed by atoms with van der Waals surface area (Å²) in [7, 11) is 0. The lowest BCUT2D eigenvalue weighted by molar-refractivity contribution is 1.34. The molecule has 0 radical (unpaired) electrons. The average molecular weight is 173 g/mol. The van der Waals surface area contributed by atoms with Crippen LogP contribution in [-0.2, 0) is 0 Å². The zero-order valence-electron chi connectivity index (χ0n) is 8.12. The van der Waals surface area contributed by atoms with E-state index in [0.717, 1.165) is 0 Å². The van der Waals surface area contributed by atoms with Gasteiger partial charge >= 0.3 is 0 Å². The highest BCUT2D eigenvalue weighted by Gasteiger charge is 1.83. The second-order valence-electron chi connectivity index (χ2n) is 2.97. The molecule has 2 rings (SSSR count). The summed E-state index contributed by atoms with van der Waals surface area (Å²) in [5, 5.41) is 0. The smallest absolute Gasteiger partial charge is 0.000496 e. The van der Waals surface area contributed by atoms with Crippen LogP contribution in [0.2, 0.25) is 0 Å². The minimum atomic E-state index is 1.37. The lowest BCUT2D eigenvalue weighted by Crippen LogP contribution is -1.74. The molecule has 0 fully saturated rings. The van der Waals surface area contributed by atoms with Gasteiger partial charge in [-0.15, -0.1) is 0 Å². The Bertz CT molecular complexity index is 284. The predicted octanol–water partition coefficient (Wildman–Crippen LogP) is 3.32. The van der Waals surface area contributed by atoms with Crippen LogP contribution in [0.5, 0.6) is 0 Å². The van der Waals surface area contributed by atoms with Crippen LogP contribution >= 0.6 is 0 Å². The Kier molecular flexibility index (Phi) is 3.83. The summed E-state index contributed by atoms with van der Waals surface area (Å²) in [6.45, 7) is 4.24. The van der Waals surface area contributed by atoms with Crippen molar-refractivity contribution in [1.82, 2.24) is 4.98 Å². The molecule has 13 heavy (non-hydrogen) atoms. The lowest BCUT2D eigenvalue weighted by Gasteiger charge is -1.93. The average Bonchev–Trinajstić information content (AvgIpc) is 2.68. The number of rotatable bonds is 0. The maximum Gasteiger partial charge on any atom is 0.000496 e. The molecule has 0 bridgehead atoms. The number of H-pyrrole nitrogens is 1. The van der Waals surface area contributed by atoms with E-state index in [9.17, 15) is 0 Å². The Labute approximate surface area is 79.4 Å². The van der Waals surface area contributed by atoms with Gasteiger partial charge in [0.1, 0.15) is 0 Å². The van der Waals surface area contributed by atoms with Crippen molar-refractivity contribution in [3.05, 3.63) is 59.9 Å². The van der Waals surface area contributed by atoms with E-state index >= 15 is 0 Å². The molecule has 0 unspecified atom stereocenters. The standard InChI is InChI=1S/C8H10.C4H5N/c1-7-5-3-4-6-8(7)2;1-2-4-5-3-1/h3-6H,1-2H3;1-5H. The van der Waals surface area contributed by atoms with Gasteiger partial charge in [0.2, 0.25) is 0 Å². The van der Waals surface area contributed by atoms with Crippen LogP contribution in [0.25, 0.3) is 0 Å². The Balaban J connectivity index is 0.000000145. The monoisotopic (exact) mass is 173 g/mol. The first kappa shape index (κ1) is 9.59. The van der Waals surface area contributed by atoms with E-state index in [2.05, 4.69) is 43.1 Å². The Hall–Kier alpha value is -1.50. The summed E-state index contributed by atoms with van der Waals surface area (Å²) in [5.74, 6) is 0. The third-order valence-electron chi connectivity index (χ3n) is 1.92. The molecule has 68 valence electrons. The van der Waals surface area contributed by atoms with Gasteiger partial charge in [-0.25, -0.2) is 0 Å². The van der Waals surface area contributed by atoms with Crippen molar-refractivity contribution in [2.24, 2.45) is 0 Å². The molecule has 1 nitrogen and oxygen atoms in total. The molecule has 1 N–H and O–H groups in total. The van der Waals surface area contributed by atoms with E-state index in [1.54, 1.807) is 0 Å². The first-order chi connectivity index (χ1) is 6.30. The molecular weight excluding hydrogens is 158 g/mol. The van der Waals surface area contributed by atoms with E-state index in [1.165, 1.54) is 11.1 Å². The van der Waals surface area contributed by atoms with Gasteiger partial charge < -0.3 is 4.98 Å². The fraction of sp³-hybridized carbons (Fsp3) is 0.167. The van der Waals surface area contributed by atoms with E-state index in [0.29, 0.717) is 0 Å². The summed E-state index contributed by atoms with van der Waals surface area (Å²) >= 11 is 0. The van der Waals surface area contributed by atoms with Crippen molar-refractivity contribution in [3.8, 4) is 0 Å². The largest absolute Gasteiger partial charge is 0.368 e. The zero-order valence-corrected chi connectivity index (χ0v) is 8.12. The minimum Gasteiger partial charge on any atom is -0.368 e. The van der Waals surface area contributed by atoms with Crippen LogP contribution in [0.1, 0.15) is 11.1 Å². The molecule has 0 aliphatic rings. The SMILES string of the molecule is Cc1ccccc1C.c1cc[nH]c1. The summed E-state index contributed by atoms with van der Waals surface area (Å²) < 4.78 is 0. The fourth-order valence-electron chi connectivity index (χ4n) is 0.940. The van der Waals surface area contributed by atoms with Crippen LogP contribution in [0.3, 0.4) is 0 Å². The van der Waals surface area contributed by atoms with Crippen LogP contribution in [0.4, 0.5) is 0 Å². The number of hydrogen-bond donors (Lipinski definition) is 1. The van der Waals surface area contributed by atoms with Gasteiger partial charge in [0.05, 0.1) is 0 Å². The van der Waals surface area contributed by atoms with Crippen molar-refractivity contribution >= 4 is 0 Å². The van der Waals surface area contributed by atoms with Crippen molar-refractivity contribution in [1.29, 1.82) is 0 Å². The number of benzene rings is 1.